The Morgan fingerprint density at radius 3 is 2.44 bits per heavy atom. The molecule has 0 bridgehead atoms. The van der Waals surface area contributed by atoms with Crippen LogP contribution in [0, 0.1) is 6.07 Å². The first kappa shape index (κ1) is 10.2. The summed E-state index contributed by atoms with van der Waals surface area (Å²) >= 11 is 0. The molecule has 3 N–H and O–H groups in total. The molecule has 0 heterocycles. The van der Waals surface area contributed by atoms with E-state index in [0.29, 0.717) is 5.69 Å². The van der Waals surface area contributed by atoms with E-state index < -0.39 is 6.03 Å². The second-order valence-electron chi connectivity index (χ2n) is 3.36. The highest BCUT2D eigenvalue weighted by molar-refractivity contribution is 5.88. The molecule has 2 rings (SSSR count). The molecule has 0 aliphatic rings. The predicted octanol–water partition coefficient (Wildman–Crippen LogP) is 2.64. The van der Waals surface area contributed by atoms with Gasteiger partial charge in [0.15, 0.2) is 0 Å². The summed E-state index contributed by atoms with van der Waals surface area (Å²) in [4.78, 5) is 10.6. The van der Waals surface area contributed by atoms with Crippen molar-refractivity contribution in [3.8, 4) is 11.1 Å². The highest BCUT2D eigenvalue weighted by Crippen LogP contribution is 2.20. The second kappa shape index (κ2) is 4.49. The van der Waals surface area contributed by atoms with Crippen LogP contribution in [0.25, 0.3) is 11.1 Å². The maximum atomic E-state index is 10.6. The van der Waals surface area contributed by atoms with Gasteiger partial charge in [-0.15, -0.1) is 0 Å². The average molecular weight is 211 g/mol. The first-order chi connectivity index (χ1) is 7.75. The molecule has 0 aromatic heterocycles. The Morgan fingerprint density at radius 2 is 1.88 bits per heavy atom. The van der Waals surface area contributed by atoms with Crippen molar-refractivity contribution in [2.75, 3.05) is 5.32 Å². The minimum absolute atomic E-state index is 0.555. The number of primary amides is 1. The Kier molecular flexibility index (Phi) is 2.87. The van der Waals surface area contributed by atoms with Crippen molar-refractivity contribution in [2.24, 2.45) is 5.73 Å². The Labute approximate surface area is 93.9 Å². The minimum atomic E-state index is -0.555. The van der Waals surface area contributed by atoms with Crippen LogP contribution >= 0.6 is 0 Å². The summed E-state index contributed by atoms with van der Waals surface area (Å²) in [5.41, 5.74) is 7.88. The van der Waals surface area contributed by atoms with Crippen molar-refractivity contribution in [1.82, 2.24) is 0 Å². The van der Waals surface area contributed by atoms with E-state index in [1.807, 2.05) is 48.5 Å². The summed E-state index contributed by atoms with van der Waals surface area (Å²) in [5, 5.41) is 2.51. The lowest BCUT2D eigenvalue weighted by atomic mass is 10.1. The van der Waals surface area contributed by atoms with Gasteiger partial charge in [0.2, 0.25) is 0 Å². The summed E-state index contributed by atoms with van der Waals surface area (Å²) in [6.45, 7) is 0. The van der Waals surface area contributed by atoms with Crippen LogP contribution in [-0.2, 0) is 0 Å². The fourth-order valence-electron chi connectivity index (χ4n) is 1.46. The van der Waals surface area contributed by atoms with E-state index >= 15 is 0 Å². The van der Waals surface area contributed by atoms with Gasteiger partial charge >= 0.3 is 6.03 Å². The lowest BCUT2D eigenvalue weighted by molar-refractivity contribution is 0.259. The fourth-order valence-corrected chi connectivity index (χ4v) is 1.46. The van der Waals surface area contributed by atoms with Gasteiger partial charge < -0.3 is 11.1 Å². The molecule has 1 radical (unpaired) electrons. The second-order valence-corrected chi connectivity index (χ2v) is 3.36. The third-order valence-corrected chi connectivity index (χ3v) is 2.19. The number of rotatable bonds is 2. The number of nitrogens with two attached hydrogens (primary N) is 1. The Morgan fingerprint density at radius 1 is 1.12 bits per heavy atom. The molecule has 79 valence electrons. The summed E-state index contributed by atoms with van der Waals surface area (Å²) < 4.78 is 0. The number of carbonyl (C=O) groups is 1. The van der Waals surface area contributed by atoms with Crippen molar-refractivity contribution in [3.63, 3.8) is 0 Å². The smallest absolute Gasteiger partial charge is 0.316 e. The standard InChI is InChI=1S/C13H11N2O/c14-13(16)15-12-8-6-11(7-9-12)10-4-2-1-3-5-10/h1-2,4-9H,(H3,14,15,16). The number of urea groups is 1. The van der Waals surface area contributed by atoms with Crippen LogP contribution < -0.4 is 11.1 Å². The van der Waals surface area contributed by atoms with Crippen LogP contribution in [0.2, 0.25) is 0 Å². The lowest BCUT2D eigenvalue weighted by Crippen LogP contribution is -2.19. The third-order valence-electron chi connectivity index (χ3n) is 2.19. The minimum Gasteiger partial charge on any atom is -0.351 e. The van der Waals surface area contributed by atoms with Gasteiger partial charge in [-0.05, 0) is 35.4 Å². The van der Waals surface area contributed by atoms with Crippen molar-refractivity contribution in [1.29, 1.82) is 0 Å². The molecule has 2 aromatic rings. The summed E-state index contributed by atoms with van der Waals surface area (Å²) in [7, 11) is 0. The number of benzene rings is 2. The van der Waals surface area contributed by atoms with E-state index in [9.17, 15) is 4.79 Å². The van der Waals surface area contributed by atoms with Gasteiger partial charge in [0, 0.05) is 5.69 Å². The van der Waals surface area contributed by atoms with Gasteiger partial charge in [-0.3, -0.25) is 0 Å². The van der Waals surface area contributed by atoms with E-state index in [0.717, 1.165) is 11.1 Å². The lowest BCUT2D eigenvalue weighted by Gasteiger charge is -2.04. The van der Waals surface area contributed by atoms with Crippen LogP contribution in [0.15, 0.2) is 48.5 Å². The molecule has 3 heteroatoms. The van der Waals surface area contributed by atoms with Gasteiger partial charge in [-0.2, -0.15) is 0 Å². The number of anilines is 1. The van der Waals surface area contributed by atoms with E-state index in [1.165, 1.54) is 0 Å². The zero-order valence-electron chi connectivity index (χ0n) is 8.60. The van der Waals surface area contributed by atoms with Gasteiger partial charge in [-0.25, -0.2) is 4.79 Å². The quantitative estimate of drug-likeness (QED) is 0.788. The molecule has 0 aliphatic carbocycles. The van der Waals surface area contributed by atoms with Crippen LogP contribution in [0.1, 0.15) is 0 Å². The number of nitrogens with one attached hydrogen (secondary N) is 1. The monoisotopic (exact) mass is 211 g/mol. The largest absolute Gasteiger partial charge is 0.351 e. The van der Waals surface area contributed by atoms with Crippen LogP contribution in [0.4, 0.5) is 10.5 Å². The number of amides is 2. The number of hydrogen-bond donors (Lipinski definition) is 2. The average Bonchev–Trinajstić information content (AvgIpc) is 2.30. The van der Waals surface area contributed by atoms with Crippen molar-refractivity contribution in [2.45, 2.75) is 0 Å². The predicted molar refractivity (Wildman–Crippen MR) is 63.9 cm³/mol. The van der Waals surface area contributed by atoms with Crippen LogP contribution in [-0.4, -0.2) is 6.03 Å². The van der Waals surface area contributed by atoms with E-state index in [-0.39, 0.29) is 0 Å². The Hall–Kier alpha value is -2.29. The maximum Gasteiger partial charge on any atom is 0.316 e. The molecule has 0 unspecified atom stereocenters. The molecule has 0 aliphatic heterocycles. The molecule has 0 saturated heterocycles. The van der Waals surface area contributed by atoms with E-state index in [4.69, 9.17) is 5.73 Å². The van der Waals surface area contributed by atoms with Crippen molar-refractivity contribution >= 4 is 11.7 Å². The highest BCUT2D eigenvalue weighted by atomic mass is 16.2. The molecule has 0 fully saturated rings. The van der Waals surface area contributed by atoms with Crippen LogP contribution in [0.5, 0.6) is 0 Å². The number of hydrogen-bond acceptors (Lipinski definition) is 1. The van der Waals surface area contributed by atoms with Crippen molar-refractivity contribution in [3.05, 3.63) is 54.6 Å². The maximum absolute atomic E-state index is 10.6. The zero-order valence-corrected chi connectivity index (χ0v) is 8.60. The summed E-state index contributed by atoms with van der Waals surface area (Å²) in [6, 6.07) is 17.6. The topological polar surface area (TPSA) is 55.1 Å². The van der Waals surface area contributed by atoms with E-state index in [1.54, 1.807) is 0 Å². The normalized spacial score (nSPS) is 9.75. The molecular formula is C13H11N2O. The molecule has 16 heavy (non-hydrogen) atoms. The van der Waals surface area contributed by atoms with Crippen molar-refractivity contribution < 1.29 is 4.79 Å². The zero-order chi connectivity index (χ0) is 11.4. The van der Waals surface area contributed by atoms with Crippen LogP contribution in [0.3, 0.4) is 0 Å². The highest BCUT2D eigenvalue weighted by Gasteiger charge is 1.98. The molecular weight excluding hydrogens is 200 g/mol. The fraction of sp³-hybridized carbons (Fsp3) is 0. The summed E-state index contributed by atoms with van der Waals surface area (Å²) in [5.74, 6) is 0. The van der Waals surface area contributed by atoms with Gasteiger partial charge in [-0.1, -0.05) is 30.3 Å². The first-order valence-electron chi connectivity index (χ1n) is 4.89. The van der Waals surface area contributed by atoms with Gasteiger partial charge in [0.25, 0.3) is 0 Å². The molecule has 3 nitrogen and oxygen atoms in total. The third kappa shape index (κ3) is 2.39. The summed E-state index contributed by atoms with van der Waals surface area (Å²) in [6.07, 6.45) is 0. The van der Waals surface area contributed by atoms with E-state index in [2.05, 4.69) is 11.4 Å². The Bertz CT molecular complexity index is 477. The Balaban J connectivity index is 2.23. The molecule has 2 aromatic carbocycles. The SMILES string of the molecule is NC(=O)Nc1ccc(-c2c[c]ccc2)cc1. The number of carbonyl (C=O) groups excluding carboxylic acids is 1. The molecule has 2 amide bonds. The van der Waals surface area contributed by atoms with Gasteiger partial charge in [0.1, 0.15) is 0 Å². The molecule has 0 saturated carbocycles. The molecule has 0 spiro atoms. The molecule has 0 atom stereocenters. The first-order valence-corrected chi connectivity index (χ1v) is 4.89. The van der Waals surface area contributed by atoms with Gasteiger partial charge in [0.05, 0.1) is 0 Å².